The maximum atomic E-state index is 11.9. The van der Waals surface area contributed by atoms with E-state index in [1.807, 2.05) is 302 Å². The van der Waals surface area contributed by atoms with E-state index >= 15 is 0 Å². The summed E-state index contributed by atoms with van der Waals surface area (Å²) in [4.78, 5) is 59.3. The number of benzene rings is 6. The lowest BCUT2D eigenvalue weighted by Crippen LogP contribution is -2.27. The summed E-state index contributed by atoms with van der Waals surface area (Å²) in [5.41, 5.74) is 16.9. The van der Waals surface area contributed by atoms with Gasteiger partial charge in [0.05, 0.1) is 33.1 Å². The Balaban J connectivity index is 0.000000743. The highest BCUT2D eigenvalue weighted by molar-refractivity contribution is 5.82. The Bertz CT molecular complexity index is 5670. The van der Waals surface area contributed by atoms with Crippen LogP contribution >= 0.6 is 0 Å². The molecular weight excluding hydrogens is 1650 g/mol. The molecule has 0 spiro atoms. The van der Waals surface area contributed by atoms with Crippen molar-refractivity contribution in [2.45, 2.75) is 292 Å². The van der Waals surface area contributed by atoms with Gasteiger partial charge in [-0.2, -0.15) is 4.98 Å². The molecule has 0 saturated carbocycles. The normalized spacial score (nSPS) is 10.5. The van der Waals surface area contributed by atoms with Crippen LogP contribution in [0.4, 0.5) is 17.9 Å². The predicted molar refractivity (Wildman–Crippen MR) is 578 cm³/mol. The van der Waals surface area contributed by atoms with Crippen LogP contribution in [-0.2, 0) is 74.4 Å². The summed E-state index contributed by atoms with van der Waals surface area (Å²) >= 11 is 0. The molecule has 0 aliphatic carbocycles. The molecule has 0 fully saturated rings. The van der Waals surface area contributed by atoms with E-state index in [0.29, 0.717) is 35.9 Å². The summed E-state index contributed by atoms with van der Waals surface area (Å²) in [6, 6.07) is 60.2. The molecule has 3 N–H and O–H groups in total. The van der Waals surface area contributed by atoms with E-state index in [9.17, 15) is 9.59 Å². The Labute approximate surface area is 800 Å². The van der Waals surface area contributed by atoms with Crippen LogP contribution < -0.4 is 26.8 Å². The number of nitrogens with one attached hydrogen (secondary N) is 3. The summed E-state index contributed by atoms with van der Waals surface area (Å²) in [7, 11) is 12.2. The number of pyridine rings is 4. The number of para-hydroxylation sites is 10. The van der Waals surface area contributed by atoms with Crippen LogP contribution in [0.2, 0.25) is 0 Å². The largest absolute Gasteiger partial charge is 0.441 e. The molecule has 0 aliphatic rings. The summed E-state index contributed by atoms with van der Waals surface area (Å²) in [5, 5.41) is 11.4. The van der Waals surface area contributed by atoms with E-state index in [-0.39, 0.29) is 27.2 Å². The van der Waals surface area contributed by atoms with Crippen LogP contribution in [0.5, 0.6) is 0 Å². The standard InChI is InChI=1S/2C14H17NO.C13H18N2.C12H17N3.C12H15NO.C11H15N3.C10H14N4.C10H12N2O.8C2H6/c2*1-10(2)8-11-9-14(16)12-6-4-5-7-13(12)15(11)3;1-13(2,3)9-12-14-10-7-5-6-8-11(10)15(12)4;1-12(2,3)14-11-13-9-7-5-6-8-10(9)15(11)4;1-12(2,3)8-11-13-9-6-4-5-7-10(9)14-11;1-8(2)7-10-13-9-5-4-6-12-11(9)14(10)3;1-7(2)12-10-13-8-5-4-6-11-9(8)14(10)3;1-7(2)11-10-12-8-5-3-4-6-9(8)13-10;8*1-2/h2*4-7,9-10H,8H2,1-3H3;5-8H,9H2,1-4H3;5-8H,1-4H3,(H,13,14);4-7H,8H2,1-3H3;4-6,8H,7H2,1-3H3;4-7H,1-3H3,(H,12,13);3-7H,1-2H3,(H,11,12);8*1-2H3. The van der Waals surface area contributed by atoms with Crippen LogP contribution in [0.15, 0.2) is 213 Å². The second-order valence-corrected chi connectivity index (χ2v) is 35.3. The first kappa shape index (κ1) is 119. The summed E-state index contributed by atoms with van der Waals surface area (Å²) in [6.45, 7) is 73.0. The van der Waals surface area contributed by atoms with E-state index in [0.717, 1.165) is 150 Å². The van der Waals surface area contributed by atoms with Crippen LogP contribution in [0.3, 0.4) is 0 Å². The Morgan fingerprint density at radius 1 is 0.323 bits per heavy atom. The van der Waals surface area contributed by atoms with Gasteiger partial charge in [0.15, 0.2) is 39.2 Å². The number of nitrogens with zero attached hydrogens (tertiary/aromatic N) is 14. The lowest BCUT2D eigenvalue weighted by molar-refractivity contribution is 0.362. The molecular formula is C112H173N17O4. The molecule has 10 heterocycles. The third-order valence-corrected chi connectivity index (χ3v) is 18.7. The van der Waals surface area contributed by atoms with Crippen molar-refractivity contribution in [3.63, 3.8) is 0 Å². The molecule has 16 aromatic rings. The van der Waals surface area contributed by atoms with Gasteiger partial charge in [-0.3, -0.25) is 14.2 Å². The quantitative estimate of drug-likeness (QED) is 0.0975. The first-order valence-electron chi connectivity index (χ1n) is 48.8. The van der Waals surface area contributed by atoms with Gasteiger partial charge < -0.3 is 47.6 Å². The lowest BCUT2D eigenvalue weighted by atomic mass is 9.92. The van der Waals surface area contributed by atoms with Crippen molar-refractivity contribution in [1.29, 1.82) is 0 Å². The fourth-order valence-electron chi connectivity index (χ4n) is 13.2. The molecule has 133 heavy (non-hydrogen) atoms. The fourth-order valence-corrected chi connectivity index (χ4v) is 13.2. The second-order valence-electron chi connectivity index (χ2n) is 35.3. The van der Waals surface area contributed by atoms with E-state index in [2.05, 4.69) is 242 Å². The smallest absolute Gasteiger partial charge is 0.295 e. The molecule has 0 aliphatic heterocycles. The number of anilines is 3. The monoisotopic (exact) mass is 1820 g/mol. The number of hydrogen-bond acceptors (Lipinski definition) is 15. The molecule has 0 bridgehead atoms. The van der Waals surface area contributed by atoms with Crippen molar-refractivity contribution in [3.8, 4) is 0 Å². The molecule has 0 saturated heterocycles. The number of rotatable bonds is 13. The van der Waals surface area contributed by atoms with Gasteiger partial charge in [0.2, 0.25) is 11.9 Å². The number of imidazole rings is 4. The van der Waals surface area contributed by atoms with E-state index in [1.54, 1.807) is 18.3 Å². The molecule has 21 nitrogen and oxygen atoms in total. The highest BCUT2D eigenvalue weighted by Gasteiger charge is 2.20. The van der Waals surface area contributed by atoms with Gasteiger partial charge in [0, 0.05) is 126 Å². The predicted octanol–water partition coefficient (Wildman–Crippen LogP) is 29.6. The molecule has 0 radical (unpaired) electrons. The molecule has 0 unspecified atom stereocenters. The van der Waals surface area contributed by atoms with Crippen molar-refractivity contribution >= 4 is 106 Å². The average Bonchev–Trinajstić information content (AvgIpc) is 1.67. The maximum Gasteiger partial charge on any atom is 0.295 e. The van der Waals surface area contributed by atoms with Crippen molar-refractivity contribution in [3.05, 3.63) is 244 Å². The lowest BCUT2D eigenvalue weighted by Gasteiger charge is -2.21. The third-order valence-electron chi connectivity index (χ3n) is 18.7. The van der Waals surface area contributed by atoms with Crippen LogP contribution in [0.1, 0.15) is 271 Å². The van der Waals surface area contributed by atoms with Gasteiger partial charge in [0.1, 0.15) is 33.7 Å². The average molecular weight is 1820 g/mol. The van der Waals surface area contributed by atoms with Gasteiger partial charge >= 0.3 is 0 Å². The fraction of sp³-hybridized carbons (Fsp3) is 0.482. The second kappa shape index (κ2) is 61.1. The van der Waals surface area contributed by atoms with Crippen molar-refractivity contribution in [1.82, 2.24) is 67.3 Å². The molecule has 6 aromatic carbocycles. The topological polar surface area (TPSA) is 229 Å². The van der Waals surface area contributed by atoms with E-state index in [1.165, 1.54) is 11.3 Å². The molecule has 730 valence electrons. The minimum atomic E-state index is 0.0368. The Morgan fingerprint density at radius 3 is 1.06 bits per heavy atom. The SMILES string of the molecule is CC.CC.CC.CC.CC.CC.CC.CC.CC(C)(C)Cc1nc2ccccc2o1.CC(C)Cc1cc(=O)c2ccccc2n1C.CC(C)Cc1cc(=O)c2ccccc2n1C.CC(C)Cc1nc2cccnc2n1C.CC(C)Nc1nc2ccccc2o1.CC(C)Nc1nc2cccnc2n1C.Cn1c(CC(C)(C)C)nc2ccccc21.Cn1c(NC(C)(C)C)nc2ccccc21. The summed E-state index contributed by atoms with van der Waals surface area (Å²) in [5.74, 6) is 6.66. The van der Waals surface area contributed by atoms with Gasteiger partial charge in [0.25, 0.3) is 6.01 Å². The number of aromatic nitrogens is 14. The zero-order valence-corrected chi connectivity index (χ0v) is 89.8. The summed E-state index contributed by atoms with van der Waals surface area (Å²) < 4.78 is 23.7. The van der Waals surface area contributed by atoms with Gasteiger partial charge in [-0.25, -0.2) is 34.9 Å². The number of hydrogen-bond donors (Lipinski definition) is 3. The highest BCUT2D eigenvalue weighted by atomic mass is 16.4. The van der Waals surface area contributed by atoms with Crippen LogP contribution in [-0.4, -0.2) is 84.9 Å². The highest BCUT2D eigenvalue weighted by Crippen LogP contribution is 2.27. The zero-order chi connectivity index (χ0) is 101. The van der Waals surface area contributed by atoms with Gasteiger partial charge in [-0.15, -0.1) is 0 Å². The molecule has 16 rings (SSSR count). The first-order chi connectivity index (χ1) is 63.3. The van der Waals surface area contributed by atoms with Gasteiger partial charge in [-0.1, -0.05) is 267 Å². The third kappa shape index (κ3) is 39.2. The van der Waals surface area contributed by atoms with Crippen molar-refractivity contribution < 1.29 is 8.83 Å². The molecule has 0 atom stereocenters. The van der Waals surface area contributed by atoms with Crippen LogP contribution in [0.25, 0.3) is 88.4 Å². The summed E-state index contributed by atoms with van der Waals surface area (Å²) in [6.07, 6.45) is 8.37. The van der Waals surface area contributed by atoms with Crippen molar-refractivity contribution in [2.75, 3.05) is 16.0 Å². The van der Waals surface area contributed by atoms with Crippen LogP contribution in [0, 0.1) is 28.6 Å². The Morgan fingerprint density at radius 2 is 0.677 bits per heavy atom. The van der Waals surface area contributed by atoms with Gasteiger partial charge in [-0.05, 0) is 187 Å². The number of fused-ring (bicyclic) bond motifs is 8. The Hall–Kier alpha value is -11.7. The van der Waals surface area contributed by atoms with Crippen molar-refractivity contribution in [2.24, 2.45) is 70.9 Å². The zero-order valence-electron chi connectivity index (χ0n) is 89.8. The minimum absolute atomic E-state index is 0.0368. The number of aryl methyl sites for hydroxylation is 6. The molecule has 0 amide bonds. The number of oxazole rings is 2. The minimum Gasteiger partial charge on any atom is -0.441 e. The first-order valence-corrected chi connectivity index (χ1v) is 48.8. The molecule has 21 heteroatoms. The maximum absolute atomic E-state index is 11.9. The van der Waals surface area contributed by atoms with E-state index < -0.39 is 0 Å². The Kier molecular flexibility index (Phi) is 54.8. The molecule has 10 aromatic heterocycles. The van der Waals surface area contributed by atoms with E-state index in [4.69, 9.17) is 8.83 Å².